The lowest BCUT2D eigenvalue weighted by molar-refractivity contribution is -0.138. The van der Waals surface area contributed by atoms with Gasteiger partial charge in [-0.05, 0) is 24.7 Å². The standard InChI is InChI=1S/C9H14O2/c1-7-4-2-3-5-8(7)6-9(10)11/h2,4,7-8H,3,5-6H2,1H3,(H,10,11)/t7-,8-/m0/s1. The first-order valence-electron chi connectivity index (χ1n) is 4.08. The number of carbonyl (C=O) groups is 1. The summed E-state index contributed by atoms with van der Waals surface area (Å²) in [5.74, 6) is 0.134. The molecular formula is C9H14O2. The minimum absolute atomic E-state index is 0.325. The van der Waals surface area contributed by atoms with Gasteiger partial charge < -0.3 is 5.11 Å². The lowest BCUT2D eigenvalue weighted by Gasteiger charge is -2.22. The predicted octanol–water partition coefficient (Wildman–Crippen LogP) is 2.06. The zero-order valence-corrected chi connectivity index (χ0v) is 6.79. The number of hydrogen-bond acceptors (Lipinski definition) is 1. The molecule has 0 aromatic heterocycles. The zero-order valence-electron chi connectivity index (χ0n) is 6.79. The summed E-state index contributed by atoms with van der Waals surface area (Å²) in [5.41, 5.74) is 0. The van der Waals surface area contributed by atoms with Crippen molar-refractivity contribution in [2.45, 2.75) is 26.2 Å². The van der Waals surface area contributed by atoms with Gasteiger partial charge in [-0.3, -0.25) is 4.79 Å². The molecule has 0 spiro atoms. The largest absolute Gasteiger partial charge is 0.481 e. The molecule has 2 atom stereocenters. The molecule has 2 heteroatoms. The van der Waals surface area contributed by atoms with Crippen molar-refractivity contribution >= 4 is 5.97 Å². The van der Waals surface area contributed by atoms with Gasteiger partial charge in [0.1, 0.15) is 0 Å². The average Bonchev–Trinajstić information content (AvgIpc) is 1.93. The molecule has 11 heavy (non-hydrogen) atoms. The number of aliphatic carboxylic acids is 1. The van der Waals surface area contributed by atoms with Crippen LogP contribution in [0.5, 0.6) is 0 Å². The Morgan fingerprint density at radius 1 is 1.73 bits per heavy atom. The second-order valence-electron chi connectivity index (χ2n) is 3.22. The van der Waals surface area contributed by atoms with E-state index in [0.717, 1.165) is 12.8 Å². The molecule has 0 aliphatic heterocycles. The van der Waals surface area contributed by atoms with Crippen LogP contribution in [-0.4, -0.2) is 11.1 Å². The van der Waals surface area contributed by atoms with Gasteiger partial charge in [0, 0.05) is 6.42 Å². The normalized spacial score (nSPS) is 30.3. The topological polar surface area (TPSA) is 37.3 Å². The first-order valence-corrected chi connectivity index (χ1v) is 4.08. The van der Waals surface area contributed by atoms with Crippen molar-refractivity contribution in [3.05, 3.63) is 12.2 Å². The molecule has 0 aromatic carbocycles. The van der Waals surface area contributed by atoms with Gasteiger partial charge in [0.15, 0.2) is 0 Å². The highest BCUT2D eigenvalue weighted by molar-refractivity contribution is 5.67. The third kappa shape index (κ3) is 2.37. The Labute approximate surface area is 66.9 Å². The van der Waals surface area contributed by atoms with Crippen molar-refractivity contribution < 1.29 is 9.90 Å². The fourth-order valence-electron chi connectivity index (χ4n) is 1.55. The summed E-state index contributed by atoms with van der Waals surface area (Å²) in [4.78, 5) is 10.4. The molecule has 1 aliphatic carbocycles. The van der Waals surface area contributed by atoms with Crippen LogP contribution in [0.3, 0.4) is 0 Å². The molecule has 0 aromatic rings. The Hall–Kier alpha value is -0.790. The summed E-state index contributed by atoms with van der Waals surface area (Å²) in [6.45, 7) is 2.09. The molecule has 1 aliphatic rings. The number of carboxylic acid groups (broad SMARTS) is 1. The lowest BCUT2D eigenvalue weighted by atomic mass is 9.83. The second kappa shape index (κ2) is 3.56. The first-order chi connectivity index (χ1) is 5.20. The number of carboxylic acids is 1. The highest BCUT2D eigenvalue weighted by Gasteiger charge is 2.19. The van der Waals surface area contributed by atoms with Gasteiger partial charge in [0.25, 0.3) is 0 Å². The van der Waals surface area contributed by atoms with Gasteiger partial charge in [-0.15, -0.1) is 0 Å². The van der Waals surface area contributed by atoms with E-state index < -0.39 is 5.97 Å². The molecule has 0 unspecified atom stereocenters. The first kappa shape index (κ1) is 8.31. The van der Waals surface area contributed by atoms with Crippen LogP contribution in [0.1, 0.15) is 26.2 Å². The third-order valence-electron chi connectivity index (χ3n) is 2.32. The molecule has 0 heterocycles. The molecule has 1 N–H and O–H groups in total. The average molecular weight is 154 g/mol. The van der Waals surface area contributed by atoms with Gasteiger partial charge in [0.05, 0.1) is 0 Å². The van der Waals surface area contributed by atoms with Gasteiger partial charge in [-0.2, -0.15) is 0 Å². The third-order valence-corrected chi connectivity index (χ3v) is 2.32. The van der Waals surface area contributed by atoms with E-state index in [9.17, 15) is 4.79 Å². The van der Waals surface area contributed by atoms with Crippen molar-refractivity contribution in [2.24, 2.45) is 11.8 Å². The number of rotatable bonds is 2. The van der Waals surface area contributed by atoms with Gasteiger partial charge in [-0.1, -0.05) is 19.1 Å². The molecule has 0 saturated carbocycles. The maximum absolute atomic E-state index is 10.4. The van der Waals surface area contributed by atoms with Crippen LogP contribution in [0, 0.1) is 11.8 Å². The van der Waals surface area contributed by atoms with Crippen LogP contribution in [0.2, 0.25) is 0 Å². The highest BCUT2D eigenvalue weighted by Crippen LogP contribution is 2.26. The van der Waals surface area contributed by atoms with E-state index >= 15 is 0 Å². The molecule has 0 bridgehead atoms. The van der Waals surface area contributed by atoms with E-state index in [1.54, 1.807) is 0 Å². The molecular weight excluding hydrogens is 140 g/mol. The van der Waals surface area contributed by atoms with E-state index in [0.29, 0.717) is 18.3 Å². The van der Waals surface area contributed by atoms with Crippen molar-refractivity contribution in [1.82, 2.24) is 0 Å². The van der Waals surface area contributed by atoms with E-state index in [4.69, 9.17) is 5.11 Å². The molecule has 0 fully saturated rings. The van der Waals surface area contributed by atoms with E-state index in [-0.39, 0.29) is 0 Å². The van der Waals surface area contributed by atoms with Crippen LogP contribution in [0.15, 0.2) is 12.2 Å². The molecule has 62 valence electrons. The van der Waals surface area contributed by atoms with E-state index in [2.05, 4.69) is 19.1 Å². The number of hydrogen-bond donors (Lipinski definition) is 1. The Balaban J connectivity index is 2.45. The molecule has 0 amide bonds. The fraction of sp³-hybridized carbons (Fsp3) is 0.667. The fourth-order valence-corrected chi connectivity index (χ4v) is 1.55. The van der Waals surface area contributed by atoms with Crippen molar-refractivity contribution in [1.29, 1.82) is 0 Å². The maximum Gasteiger partial charge on any atom is 0.303 e. The Morgan fingerprint density at radius 3 is 3.00 bits per heavy atom. The maximum atomic E-state index is 10.4. The zero-order chi connectivity index (χ0) is 8.27. The van der Waals surface area contributed by atoms with E-state index in [1.807, 2.05) is 0 Å². The SMILES string of the molecule is C[C@H]1C=CCC[C@H]1CC(=O)O. The molecule has 0 saturated heterocycles. The summed E-state index contributed by atoms with van der Waals surface area (Å²) in [6, 6.07) is 0. The molecule has 2 nitrogen and oxygen atoms in total. The van der Waals surface area contributed by atoms with Crippen LogP contribution >= 0.6 is 0 Å². The Bertz CT molecular complexity index is 172. The summed E-state index contributed by atoms with van der Waals surface area (Å²) in [7, 11) is 0. The van der Waals surface area contributed by atoms with Gasteiger partial charge in [0.2, 0.25) is 0 Å². The van der Waals surface area contributed by atoms with E-state index in [1.165, 1.54) is 0 Å². The Kier molecular flexibility index (Phi) is 2.69. The monoisotopic (exact) mass is 154 g/mol. The number of allylic oxidation sites excluding steroid dienone is 2. The van der Waals surface area contributed by atoms with Crippen molar-refractivity contribution in [3.63, 3.8) is 0 Å². The van der Waals surface area contributed by atoms with Crippen LogP contribution in [0.4, 0.5) is 0 Å². The second-order valence-corrected chi connectivity index (χ2v) is 3.22. The predicted molar refractivity (Wildman–Crippen MR) is 43.3 cm³/mol. The quantitative estimate of drug-likeness (QED) is 0.618. The molecule has 1 rings (SSSR count). The van der Waals surface area contributed by atoms with Gasteiger partial charge >= 0.3 is 5.97 Å². The highest BCUT2D eigenvalue weighted by atomic mass is 16.4. The van der Waals surface area contributed by atoms with Crippen molar-refractivity contribution in [3.8, 4) is 0 Å². The minimum Gasteiger partial charge on any atom is -0.481 e. The smallest absolute Gasteiger partial charge is 0.303 e. The molecule has 0 radical (unpaired) electrons. The minimum atomic E-state index is -0.669. The van der Waals surface area contributed by atoms with Crippen LogP contribution in [-0.2, 0) is 4.79 Å². The van der Waals surface area contributed by atoms with Crippen molar-refractivity contribution in [2.75, 3.05) is 0 Å². The summed E-state index contributed by atoms with van der Waals surface area (Å²) >= 11 is 0. The summed E-state index contributed by atoms with van der Waals surface area (Å²) in [5, 5.41) is 8.56. The Morgan fingerprint density at radius 2 is 2.45 bits per heavy atom. The summed E-state index contributed by atoms with van der Waals surface area (Å²) in [6.07, 6.45) is 6.66. The lowest BCUT2D eigenvalue weighted by Crippen LogP contribution is -2.16. The van der Waals surface area contributed by atoms with Gasteiger partial charge in [-0.25, -0.2) is 0 Å². The summed E-state index contributed by atoms with van der Waals surface area (Å²) < 4.78 is 0. The van der Waals surface area contributed by atoms with Crippen LogP contribution in [0.25, 0.3) is 0 Å². The van der Waals surface area contributed by atoms with Crippen LogP contribution < -0.4 is 0 Å².